The minimum atomic E-state index is -0.701. The van der Waals surface area contributed by atoms with E-state index in [-0.39, 0.29) is 12.3 Å². The van der Waals surface area contributed by atoms with E-state index in [1.165, 1.54) is 67.6 Å². The van der Waals surface area contributed by atoms with E-state index in [1.54, 1.807) is 0 Å². The van der Waals surface area contributed by atoms with Gasteiger partial charge in [0.1, 0.15) is 17.9 Å². The maximum atomic E-state index is 2.69. The molecule has 0 bridgehead atoms. The van der Waals surface area contributed by atoms with Gasteiger partial charge in [0.05, 0.1) is 22.7 Å². The van der Waals surface area contributed by atoms with Crippen LogP contribution in [0.2, 0.25) is 0 Å². The zero-order chi connectivity index (χ0) is 36.1. The van der Waals surface area contributed by atoms with E-state index in [4.69, 9.17) is 0 Å². The lowest BCUT2D eigenvalue weighted by atomic mass is 9.72. The molecule has 2 aliphatic heterocycles. The third-order valence-corrected chi connectivity index (χ3v) is 11.4. The third kappa shape index (κ3) is 4.97. The monoisotopic (exact) mass is 688 g/mol. The van der Waals surface area contributed by atoms with E-state index < -0.39 is 5.54 Å². The highest BCUT2D eigenvalue weighted by molar-refractivity contribution is 5.90. The first-order valence-corrected chi connectivity index (χ1v) is 18.7. The van der Waals surface area contributed by atoms with Gasteiger partial charge in [0.15, 0.2) is 0 Å². The fourth-order valence-electron chi connectivity index (χ4n) is 9.25. The molecule has 0 fully saturated rings. The number of fused-ring (bicyclic) bond motifs is 2. The predicted molar refractivity (Wildman–Crippen MR) is 222 cm³/mol. The summed E-state index contributed by atoms with van der Waals surface area (Å²) >= 11 is 0. The van der Waals surface area contributed by atoms with Crippen molar-refractivity contribution >= 4 is 39.8 Å². The smallest absolute Gasteiger partial charge is 0.119 e. The summed E-state index contributed by atoms with van der Waals surface area (Å²) in [5.74, 6) is 0. The van der Waals surface area contributed by atoms with Gasteiger partial charge in [-0.1, -0.05) is 127 Å². The van der Waals surface area contributed by atoms with Crippen LogP contribution in [0.3, 0.4) is 0 Å². The van der Waals surface area contributed by atoms with E-state index in [0.29, 0.717) is 0 Å². The van der Waals surface area contributed by atoms with Gasteiger partial charge in [-0.3, -0.25) is 0 Å². The van der Waals surface area contributed by atoms with E-state index >= 15 is 0 Å². The number of hydrogen-bond acceptors (Lipinski definition) is 4. The van der Waals surface area contributed by atoms with Crippen molar-refractivity contribution in [1.29, 1.82) is 0 Å². The summed E-state index contributed by atoms with van der Waals surface area (Å²) in [5.41, 5.74) is 13.9. The Hall–Kier alpha value is -6.26. The topological polar surface area (TPSA) is 13.0 Å². The van der Waals surface area contributed by atoms with Gasteiger partial charge in [0.2, 0.25) is 0 Å². The summed E-state index contributed by atoms with van der Waals surface area (Å²) in [6.45, 7) is 9.28. The van der Waals surface area contributed by atoms with Crippen LogP contribution in [0.1, 0.15) is 41.7 Å². The molecule has 0 aromatic heterocycles. The Balaban J connectivity index is 1.34. The van der Waals surface area contributed by atoms with Gasteiger partial charge in [-0.05, 0) is 110 Å². The number of aryl methyl sites for hydroxylation is 1. The maximum absolute atomic E-state index is 2.69. The van der Waals surface area contributed by atoms with Crippen molar-refractivity contribution in [2.75, 3.05) is 19.6 Å². The van der Waals surface area contributed by atoms with Crippen molar-refractivity contribution < 1.29 is 0 Å². The lowest BCUT2D eigenvalue weighted by molar-refractivity contribution is 0.507. The van der Waals surface area contributed by atoms with Crippen molar-refractivity contribution in [3.05, 3.63) is 210 Å². The normalized spacial score (nSPS) is 17.4. The summed E-state index contributed by atoms with van der Waals surface area (Å²) in [4.78, 5) is 10.2. The Morgan fingerprint density at radius 3 is 1.42 bits per heavy atom. The first-order chi connectivity index (χ1) is 26.0. The molecule has 0 amide bonds. The van der Waals surface area contributed by atoms with Gasteiger partial charge in [-0.15, -0.1) is 0 Å². The van der Waals surface area contributed by atoms with Crippen molar-refractivity contribution in [2.45, 2.75) is 45.6 Å². The van der Waals surface area contributed by atoms with E-state index in [2.05, 4.69) is 229 Å². The van der Waals surface area contributed by atoms with Gasteiger partial charge in [0, 0.05) is 17.1 Å². The maximum Gasteiger partial charge on any atom is 0.119 e. The van der Waals surface area contributed by atoms with E-state index in [9.17, 15) is 0 Å². The molecule has 53 heavy (non-hydrogen) atoms. The predicted octanol–water partition coefficient (Wildman–Crippen LogP) is 12.2. The Labute approximate surface area is 313 Å². The Morgan fingerprint density at radius 2 is 0.811 bits per heavy atom. The first-order valence-electron chi connectivity index (χ1n) is 18.7. The summed E-state index contributed by atoms with van der Waals surface area (Å²) in [7, 11) is 0. The van der Waals surface area contributed by atoms with Crippen LogP contribution in [0, 0.1) is 13.8 Å². The van der Waals surface area contributed by atoms with Crippen molar-refractivity contribution in [2.24, 2.45) is 0 Å². The molecule has 0 N–H and O–H groups in total. The second-order valence-corrected chi connectivity index (χ2v) is 14.2. The lowest BCUT2D eigenvalue weighted by Gasteiger charge is -2.49. The number of rotatable bonds is 7. The highest BCUT2D eigenvalue weighted by atomic mass is 15.4. The van der Waals surface area contributed by atoms with Crippen LogP contribution in [0.5, 0.6) is 0 Å². The molecular weight excluding hydrogens is 645 g/mol. The second kappa shape index (κ2) is 13.1. The Morgan fingerprint density at radius 1 is 0.377 bits per heavy atom. The summed E-state index contributed by atoms with van der Waals surface area (Å²) in [6.07, 6.45) is 0.0195. The molecule has 0 saturated heterocycles. The van der Waals surface area contributed by atoms with Gasteiger partial charge in [-0.2, -0.15) is 0 Å². The summed E-state index contributed by atoms with van der Waals surface area (Å²) < 4.78 is 0. The molecule has 2 heterocycles. The van der Waals surface area contributed by atoms with Crippen molar-refractivity contribution in [3.63, 3.8) is 0 Å². The zero-order valence-electron chi connectivity index (χ0n) is 30.8. The van der Waals surface area contributed by atoms with Gasteiger partial charge in [0.25, 0.3) is 0 Å². The van der Waals surface area contributed by atoms with Crippen LogP contribution in [-0.2, 0) is 5.54 Å². The van der Waals surface area contributed by atoms with Crippen LogP contribution >= 0.6 is 0 Å². The average molecular weight is 689 g/mol. The molecule has 260 valence electrons. The molecule has 2 aliphatic rings. The number of nitrogens with zero attached hydrogens (tertiary/aromatic N) is 4. The quantitative estimate of drug-likeness (QED) is 0.155. The van der Waals surface area contributed by atoms with Crippen LogP contribution in [0.15, 0.2) is 182 Å². The van der Waals surface area contributed by atoms with Crippen molar-refractivity contribution in [1.82, 2.24) is 0 Å². The molecule has 3 atom stereocenters. The lowest BCUT2D eigenvalue weighted by Crippen LogP contribution is -2.54. The first kappa shape index (κ1) is 32.6. The number of para-hydroxylation sites is 6. The van der Waals surface area contributed by atoms with Crippen LogP contribution < -0.4 is 19.6 Å². The molecular formula is C49H44N4. The average Bonchev–Trinajstić information content (AvgIpc) is 3.67. The fraction of sp³-hybridized carbons (Fsp3) is 0.143. The van der Waals surface area contributed by atoms with E-state index in [0.717, 1.165) is 0 Å². The Kier molecular flexibility index (Phi) is 8.04. The Bertz CT molecular complexity index is 2390. The molecule has 0 saturated carbocycles. The highest BCUT2D eigenvalue weighted by Crippen LogP contribution is 2.57. The number of benzene rings is 7. The highest BCUT2D eigenvalue weighted by Gasteiger charge is 2.51. The number of anilines is 7. The fourth-order valence-corrected chi connectivity index (χ4v) is 9.25. The molecule has 4 nitrogen and oxygen atoms in total. The standard InChI is InChI=1S/C49H44N4/c1-35-21-14-15-28-42(35)49(39-22-8-5-9-23-39,53-38(4)51(41-26-12-7-13-27-41)47-32-18-19-33-48(47)53)43-29-20-34-44(36(43)2)52-37(3)50(40-24-10-6-11-25-40)45-30-16-17-31-46(45)52/h5-34,37-38H,1-4H3/t37-,38+,49?/m1/s1. The van der Waals surface area contributed by atoms with Crippen LogP contribution in [0.25, 0.3) is 0 Å². The van der Waals surface area contributed by atoms with Gasteiger partial charge >= 0.3 is 0 Å². The van der Waals surface area contributed by atoms with E-state index in [1.807, 2.05) is 0 Å². The van der Waals surface area contributed by atoms with Crippen LogP contribution in [-0.4, -0.2) is 12.3 Å². The minimum absolute atomic E-state index is 0.0299. The molecule has 7 aromatic rings. The van der Waals surface area contributed by atoms with Gasteiger partial charge < -0.3 is 19.6 Å². The molecule has 9 rings (SSSR count). The largest absolute Gasteiger partial charge is 0.331 e. The molecule has 0 spiro atoms. The molecule has 1 unspecified atom stereocenters. The van der Waals surface area contributed by atoms with Crippen molar-refractivity contribution in [3.8, 4) is 0 Å². The minimum Gasteiger partial charge on any atom is -0.331 e. The summed E-state index contributed by atoms with van der Waals surface area (Å²) in [5, 5.41) is 0. The molecule has 4 heteroatoms. The third-order valence-electron chi connectivity index (χ3n) is 11.4. The second-order valence-electron chi connectivity index (χ2n) is 14.2. The summed E-state index contributed by atoms with van der Waals surface area (Å²) in [6, 6.07) is 66.5. The van der Waals surface area contributed by atoms with Crippen LogP contribution in [0.4, 0.5) is 39.8 Å². The SMILES string of the molecule is Cc1ccccc1C(c1ccccc1)(c1cccc(N2c3ccccc3N(c3ccccc3)[C@H]2C)c1C)N1c2ccccc2N(c2ccccc2)[C@@H]1C. The molecule has 7 aromatic carbocycles. The van der Waals surface area contributed by atoms with Gasteiger partial charge in [-0.25, -0.2) is 0 Å². The number of hydrogen-bond donors (Lipinski definition) is 0. The molecule has 0 aliphatic carbocycles. The zero-order valence-corrected chi connectivity index (χ0v) is 30.8. The molecule has 0 radical (unpaired) electrons.